The molecule has 23 nitrogen and oxygen atoms in total. The maximum Gasteiger partial charge on any atom is 0.481 e. The van der Waals surface area contributed by atoms with E-state index in [1.54, 1.807) is 0 Å². The average molecular weight is 741 g/mol. The maximum absolute atomic E-state index is 12.6. The Labute approximate surface area is 272 Å². The van der Waals surface area contributed by atoms with Gasteiger partial charge < -0.3 is 40.9 Å². The highest BCUT2D eigenvalue weighted by Gasteiger charge is 2.47. The molecule has 256 valence electrons. The number of carbonyl (C=O) groups is 1. The highest BCUT2D eigenvalue weighted by Crippen LogP contribution is 2.61. The summed E-state index contributed by atoms with van der Waals surface area (Å²) in [6.45, 7) is -1.68. The zero-order valence-corrected chi connectivity index (χ0v) is 26.8. The van der Waals surface area contributed by atoms with E-state index in [0.29, 0.717) is 0 Å². The normalized spacial score (nSPS) is 33.4. The molecule has 0 spiro atoms. The summed E-state index contributed by atoms with van der Waals surface area (Å²) in [6.07, 6.45) is -7.39. The van der Waals surface area contributed by atoms with Crippen molar-refractivity contribution in [1.29, 1.82) is 0 Å². The maximum atomic E-state index is 12.6. The third kappa shape index (κ3) is 6.78. The fraction of sp³-hybridized carbons (Fsp3) is 0.500. The summed E-state index contributed by atoms with van der Waals surface area (Å²) in [4.78, 5) is 63.3. The third-order valence-corrected chi connectivity index (χ3v) is 10.9. The summed E-state index contributed by atoms with van der Waals surface area (Å²) >= 11 is 8.74. The molecule has 0 aromatic carbocycles. The SMILES string of the molecule is NC1=NC2=N[C@@H]3O[C@H](COP(=O)(O)OP(=O)(O)OC[C@H]4O[C@@H](n5cnc6c(=O)[nH]c(N)nc65)[C@H](O)[C@@H]4O)C(S)=C(S)[C@@H]3NC2C(=O)N1. The van der Waals surface area contributed by atoms with Gasteiger partial charge in [0.15, 0.2) is 29.5 Å². The first-order chi connectivity index (χ1) is 22.0. The number of aliphatic hydroxyl groups is 2. The molecule has 3 unspecified atom stereocenters. The molecular weight excluding hydrogens is 714 g/mol. The lowest BCUT2D eigenvalue weighted by Crippen LogP contribution is -2.64. The fourth-order valence-electron chi connectivity index (χ4n) is 4.98. The van der Waals surface area contributed by atoms with E-state index in [2.05, 4.69) is 65.1 Å². The van der Waals surface area contributed by atoms with Gasteiger partial charge in [-0.2, -0.15) is 14.3 Å². The summed E-state index contributed by atoms with van der Waals surface area (Å²) in [7, 11) is -10.7. The largest absolute Gasteiger partial charge is 0.481 e. The fourth-order valence-corrected chi connectivity index (χ4v) is 7.68. The Kier molecular flexibility index (Phi) is 9.16. The van der Waals surface area contributed by atoms with Crippen LogP contribution in [0, 0.1) is 0 Å². The van der Waals surface area contributed by atoms with Gasteiger partial charge in [0.25, 0.3) is 11.5 Å². The number of imidazole rings is 1. The number of aromatic nitrogens is 4. The number of guanidine groups is 1. The Bertz CT molecular complexity index is 1870. The van der Waals surface area contributed by atoms with Gasteiger partial charge in [0, 0.05) is 9.81 Å². The van der Waals surface area contributed by atoms with Crippen molar-refractivity contribution in [2.75, 3.05) is 18.9 Å². The van der Waals surface area contributed by atoms with Gasteiger partial charge >= 0.3 is 15.6 Å². The number of nitrogens with zero attached hydrogens (tertiary/aromatic N) is 5. The smallest absolute Gasteiger partial charge is 0.387 e. The molecule has 4 aliphatic heterocycles. The number of hydrogen-bond donors (Lipinski definition) is 11. The lowest BCUT2D eigenvalue weighted by atomic mass is 10.0. The quantitative estimate of drug-likeness (QED) is 0.0879. The van der Waals surface area contributed by atoms with Crippen LogP contribution in [0.15, 0.2) is 30.9 Å². The van der Waals surface area contributed by atoms with E-state index in [-0.39, 0.29) is 38.7 Å². The number of rotatable bonds is 9. The third-order valence-electron chi connectivity index (χ3n) is 7.12. The van der Waals surface area contributed by atoms with E-state index >= 15 is 0 Å². The van der Waals surface area contributed by atoms with Crippen LogP contribution in [-0.2, 0) is 36.8 Å². The van der Waals surface area contributed by atoms with E-state index in [9.17, 15) is 38.7 Å². The van der Waals surface area contributed by atoms with Crippen LogP contribution in [0.2, 0.25) is 0 Å². The second kappa shape index (κ2) is 12.6. The minimum atomic E-state index is -5.38. The molecule has 0 saturated carbocycles. The van der Waals surface area contributed by atoms with E-state index < -0.39 is 89.3 Å². The molecule has 1 saturated heterocycles. The summed E-state index contributed by atoms with van der Waals surface area (Å²) in [6, 6.07) is -1.71. The van der Waals surface area contributed by atoms with Crippen LogP contribution in [0.1, 0.15) is 6.23 Å². The van der Waals surface area contributed by atoms with Crippen molar-refractivity contribution in [2.24, 2.45) is 15.7 Å². The van der Waals surface area contributed by atoms with E-state index in [0.717, 1.165) is 10.9 Å². The first kappa shape index (κ1) is 34.1. The molecule has 0 radical (unpaired) electrons. The highest BCUT2D eigenvalue weighted by molar-refractivity contribution is 7.88. The number of nitrogen functional groups attached to an aromatic ring is 1. The molecule has 4 aliphatic rings. The number of aromatic amines is 1. The molecule has 6 heterocycles. The van der Waals surface area contributed by atoms with Crippen molar-refractivity contribution in [1.82, 2.24) is 30.2 Å². The van der Waals surface area contributed by atoms with Gasteiger partial charge in [0.05, 0.1) is 25.6 Å². The number of H-pyrrole nitrogens is 1. The summed E-state index contributed by atoms with van der Waals surface area (Å²) < 4.78 is 51.5. The minimum absolute atomic E-state index is 0.0237. The van der Waals surface area contributed by atoms with Crippen LogP contribution in [-0.4, -0.2) is 113 Å². The van der Waals surface area contributed by atoms with Gasteiger partial charge in [-0.05, 0) is 0 Å². The number of nitrogens with one attached hydrogen (secondary N) is 3. The van der Waals surface area contributed by atoms with E-state index in [1.807, 2.05) is 0 Å². The number of aliphatic imine (C=N–C) groups is 2. The molecule has 1 amide bonds. The van der Waals surface area contributed by atoms with Crippen molar-refractivity contribution in [3.05, 3.63) is 26.5 Å². The van der Waals surface area contributed by atoms with Crippen molar-refractivity contribution >= 4 is 75.7 Å². The average Bonchev–Trinajstić information content (AvgIpc) is 3.52. The first-order valence-corrected chi connectivity index (χ1v) is 17.1. The van der Waals surface area contributed by atoms with Crippen LogP contribution < -0.4 is 27.7 Å². The Hall–Kier alpha value is -2.74. The second-order valence-electron chi connectivity index (χ2n) is 10.3. The summed E-state index contributed by atoms with van der Waals surface area (Å²) in [5.74, 6) is -0.917. The number of ether oxygens (including phenoxy) is 2. The second-order valence-corrected chi connectivity index (χ2v) is 14.3. The number of hydrogen-bond acceptors (Lipinski definition) is 20. The molecule has 2 aromatic rings. The Balaban J connectivity index is 1.06. The van der Waals surface area contributed by atoms with Gasteiger partial charge in [0.2, 0.25) is 11.9 Å². The molecule has 11 N–H and O–H groups in total. The predicted octanol–water partition coefficient (Wildman–Crippen LogP) is -3.45. The number of fused-ring (bicyclic) bond motifs is 3. The number of amides is 1. The lowest BCUT2D eigenvalue weighted by molar-refractivity contribution is -0.121. The predicted molar refractivity (Wildman–Crippen MR) is 163 cm³/mol. The van der Waals surface area contributed by atoms with Gasteiger partial charge in [-0.3, -0.25) is 38.8 Å². The number of carbonyl (C=O) groups excluding carboxylic acids is 1. The van der Waals surface area contributed by atoms with Crippen LogP contribution in [0.5, 0.6) is 0 Å². The van der Waals surface area contributed by atoms with Crippen molar-refractivity contribution in [3.63, 3.8) is 0 Å². The molecule has 0 aliphatic carbocycles. The highest BCUT2D eigenvalue weighted by atomic mass is 32.1. The Morgan fingerprint density at radius 1 is 1.04 bits per heavy atom. The minimum Gasteiger partial charge on any atom is -0.387 e. The molecule has 0 bridgehead atoms. The van der Waals surface area contributed by atoms with Crippen LogP contribution >= 0.6 is 40.9 Å². The van der Waals surface area contributed by atoms with E-state index in [4.69, 9.17) is 30.0 Å². The number of thiol groups is 2. The van der Waals surface area contributed by atoms with Gasteiger partial charge in [0.1, 0.15) is 30.5 Å². The van der Waals surface area contributed by atoms with Crippen molar-refractivity contribution in [2.45, 2.75) is 49.0 Å². The zero-order chi connectivity index (χ0) is 34.0. The Morgan fingerprint density at radius 3 is 2.47 bits per heavy atom. The van der Waals surface area contributed by atoms with Gasteiger partial charge in [-0.1, -0.05) is 0 Å². The molecule has 6 rings (SSSR count). The lowest BCUT2D eigenvalue weighted by Gasteiger charge is -2.40. The molecule has 2 aromatic heterocycles. The number of aliphatic hydroxyl groups excluding tert-OH is 2. The number of phosphoric ester groups is 2. The number of phosphoric acid groups is 2. The van der Waals surface area contributed by atoms with Gasteiger partial charge in [-0.15, -0.1) is 25.3 Å². The van der Waals surface area contributed by atoms with Crippen LogP contribution in [0.3, 0.4) is 0 Å². The zero-order valence-electron chi connectivity index (χ0n) is 23.3. The molecule has 47 heavy (non-hydrogen) atoms. The van der Waals surface area contributed by atoms with Crippen LogP contribution in [0.25, 0.3) is 11.2 Å². The standard InChI is InChI=1S/C20H26N10O13P2S2/c21-19-26-13-7(15(33)28-19)24-6-12(47)11(46)5(41-17(6)25-13)2-40-45(37,38)43-44(35,36)39-1-4-9(31)10(32)18(42-4)30-3-23-8-14(30)27-20(22)29-16(8)34/h3-7,9-10,17-18,24,31-32,46-47H,1-2H2,(H,35,36)(H,37,38)(H3,22,27,29,34)(H3,21,25,26,28,33)/t4-,5-,6+,7?,9-,10-,17-,18-/m1/s1. The summed E-state index contributed by atoms with van der Waals surface area (Å²) in [5, 5.41) is 26.3. The topological polar surface area (TPSA) is 343 Å². The number of nitrogens with two attached hydrogens (primary N) is 2. The monoisotopic (exact) mass is 740 g/mol. The summed E-state index contributed by atoms with van der Waals surface area (Å²) in [5.41, 5.74) is 10.2. The molecule has 10 atom stereocenters. The van der Waals surface area contributed by atoms with Crippen molar-refractivity contribution in [3.8, 4) is 0 Å². The Morgan fingerprint density at radius 2 is 1.74 bits per heavy atom. The molecule has 27 heteroatoms. The van der Waals surface area contributed by atoms with Crippen molar-refractivity contribution < 1.29 is 56.8 Å². The molecular formula is C20H26N10O13P2S2. The number of anilines is 1. The van der Waals surface area contributed by atoms with Gasteiger partial charge in [-0.25, -0.2) is 19.1 Å². The number of amidine groups is 1. The molecule has 1 fully saturated rings. The van der Waals surface area contributed by atoms with E-state index in [1.165, 1.54) is 0 Å². The van der Waals surface area contributed by atoms with Crippen LogP contribution in [0.4, 0.5) is 5.95 Å². The first-order valence-electron chi connectivity index (χ1n) is 13.2.